The number of aliphatic imine (C=N–C) groups is 1. The highest BCUT2D eigenvalue weighted by atomic mass is 16.2. The Morgan fingerprint density at radius 3 is 2.52 bits per heavy atom. The Hall–Kier alpha value is -2.38. The van der Waals surface area contributed by atoms with Crippen molar-refractivity contribution in [2.45, 2.75) is 50.6 Å². The van der Waals surface area contributed by atoms with E-state index >= 15 is 0 Å². The van der Waals surface area contributed by atoms with E-state index in [9.17, 15) is 4.79 Å². The Balaban J connectivity index is 1.35. The summed E-state index contributed by atoms with van der Waals surface area (Å²) in [5.74, 6) is 3.25. The van der Waals surface area contributed by atoms with Gasteiger partial charge in [0.05, 0.1) is 0 Å². The van der Waals surface area contributed by atoms with Gasteiger partial charge in [-0.25, -0.2) is 15.0 Å². The summed E-state index contributed by atoms with van der Waals surface area (Å²) in [6, 6.07) is 2.68. The molecule has 1 aromatic rings. The van der Waals surface area contributed by atoms with Gasteiger partial charge >= 0.3 is 0 Å². The van der Waals surface area contributed by atoms with Gasteiger partial charge in [-0.3, -0.25) is 4.79 Å². The lowest BCUT2D eigenvalue weighted by Crippen LogP contribution is -2.52. The second-order valence-corrected chi connectivity index (χ2v) is 8.83. The van der Waals surface area contributed by atoms with Gasteiger partial charge in [0.25, 0.3) is 0 Å². The lowest BCUT2D eigenvalue weighted by Gasteiger charge is -2.34. The average Bonchev–Trinajstić information content (AvgIpc) is 3.36. The van der Waals surface area contributed by atoms with Gasteiger partial charge in [-0.05, 0) is 50.0 Å². The number of fused-ring (bicyclic) bond motifs is 2. The fourth-order valence-electron chi connectivity index (χ4n) is 4.89. The van der Waals surface area contributed by atoms with Crippen molar-refractivity contribution in [3.63, 3.8) is 0 Å². The summed E-state index contributed by atoms with van der Waals surface area (Å²) < 4.78 is 0. The summed E-state index contributed by atoms with van der Waals surface area (Å²) in [6.45, 7) is 2.01. The highest BCUT2D eigenvalue weighted by molar-refractivity contribution is 5.85. The Morgan fingerprint density at radius 2 is 1.90 bits per heavy atom. The van der Waals surface area contributed by atoms with Crippen LogP contribution in [0.25, 0.3) is 0 Å². The highest BCUT2D eigenvalue weighted by Gasteiger charge is 2.40. The van der Waals surface area contributed by atoms with Crippen LogP contribution in [-0.4, -0.2) is 72.5 Å². The molecule has 2 saturated carbocycles. The van der Waals surface area contributed by atoms with Gasteiger partial charge in [0.2, 0.25) is 11.9 Å². The monoisotopic (exact) mass is 399 g/mol. The Morgan fingerprint density at radius 1 is 1.14 bits per heavy atom. The minimum Gasteiger partial charge on any atom is -0.354 e. The van der Waals surface area contributed by atoms with Gasteiger partial charge in [-0.1, -0.05) is 6.42 Å². The molecule has 2 bridgehead atoms. The molecule has 3 atom stereocenters. The number of likely N-dealkylation sites (N-methyl/N-ethyl adjacent to an activating group) is 1. The zero-order chi connectivity index (χ0) is 20.2. The summed E-state index contributed by atoms with van der Waals surface area (Å²) in [5.41, 5.74) is 0. The number of hydrogen-bond acceptors (Lipinski definition) is 5. The van der Waals surface area contributed by atoms with Crippen LogP contribution >= 0.6 is 0 Å². The number of carbonyl (C=O) groups is 1. The lowest BCUT2D eigenvalue weighted by atomic mass is 9.95. The summed E-state index contributed by atoms with van der Waals surface area (Å²) in [7, 11) is 3.55. The normalized spacial score (nSPS) is 27.2. The SMILES string of the molecule is CN(C)C(=O)CN=C(NC1CCN(c2ncccn2)CC1)NC1CC2CCC1C2. The van der Waals surface area contributed by atoms with E-state index in [1.807, 2.05) is 6.07 Å². The summed E-state index contributed by atoms with van der Waals surface area (Å²) in [5, 5.41) is 7.27. The van der Waals surface area contributed by atoms with Crippen molar-refractivity contribution in [3.8, 4) is 0 Å². The molecule has 2 heterocycles. The molecule has 1 aromatic heterocycles. The third-order valence-corrected chi connectivity index (χ3v) is 6.60. The molecule has 0 aromatic carbocycles. The molecule has 3 unspecified atom stereocenters. The van der Waals surface area contributed by atoms with Gasteiger partial charge in [0, 0.05) is 51.7 Å². The fourth-order valence-corrected chi connectivity index (χ4v) is 4.89. The molecular weight excluding hydrogens is 366 g/mol. The molecule has 3 aliphatic rings. The van der Waals surface area contributed by atoms with Crippen LogP contribution in [0.3, 0.4) is 0 Å². The van der Waals surface area contributed by atoms with E-state index in [1.165, 1.54) is 25.7 Å². The molecule has 2 aliphatic carbocycles. The van der Waals surface area contributed by atoms with E-state index in [2.05, 4.69) is 30.5 Å². The second-order valence-electron chi connectivity index (χ2n) is 8.83. The van der Waals surface area contributed by atoms with Crippen LogP contribution in [0.4, 0.5) is 5.95 Å². The van der Waals surface area contributed by atoms with E-state index < -0.39 is 0 Å². The van der Waals surface area contributed by atoms with Crippen LogP contribution in [0.5, 0.6) is 0 Å². The predicted octanol–water partition coefficient (Wildman–Crippen LogP) is 1.26. The summed E-state index contributed by atoms with van der Waals surface area (Å²) in [4.78, 5) is 29.2. The van der Waals surface area contributed by atoms with E-state index in [4.69, 9.17) is 0 Å². The maximum absolute atomic E-state index is 12.0. The molecule has 29 heavy (non-hydrogen) atoms. The predicted molar refractivity (Wildman–Crippen MR) is 114 cm³/mol. The van der Waals surface area contributed by atoms with Gasteiger partial charge in [-0.2, -0.15) is 0 Å². The Kier molecular flexibility index (Phi) is 6.16. The van der Waals surface area contributed by atoms with Gasteiger partial charge in [0.15, 0.2) is 5.96 Å². The Bertz CT molecular complexity index is 715. The largest absolute Gasteiger partial charge is 0.354 e. The minimum absolute atomic E-state index is 0.0232. The molecular formula is C21H33N7O. The zero-order valence-corrected chi connectivity index (χ0v) is 17.5. The number of hydrogen-bond donors (Lipinski definition) is 2. The van der Waals surface area contributed by atoms with Crippen LogP contribution in [0, 0.1) is 11.8 Å². The van der Waals surface area contributed by atoms with E-state index in [0.29, 0.717) is 12.1 Å². The standard InChI is InChI=1S/C21H33N7O/c1-27(2)19(29)14-24-20(26-18-13-15-4-5-16(18)12-15)25-17-6-10-28(11-7-17)21-22-8-3-9-23-21/h3,8-9,15-18H,4-7,10-14H2,1-2H3,(H2,24,25,26). The molecule has 1 aliphatic heterocycles. The van der Waals surface area contributed by atoms with E-state index in [0.717, 1.165) is 49.7 Å². The second kappa shape index (κ2) is 8.97. The minimum atomic E-state index is 0.0232. The molecule has 0 spiro atoms. The molecule has 8 nitrogen and oxygen atoms in total. The van der Waals surface area contributed by atoms with Crippen LogP contribution in [-0.2, 0) is 4.79 Å². The van der Waals surface area contributed by atoms with Crippen molar-refractivity contribution in [1.29, 1.82) is 0 Å². The number of carbonyl (C=O) groups excluding carboxylic acids is 1. The number of nitrogens with one attached hydrogen (secondary N) is 2. The third kappa shape index (κ3) is 4.97. The third-order valence-electron chi connectivity index (χ3n) is 6.60. The number of aromatic nitrogens is 2. The number of nitrogens with zero attached hydrogens (tertiary/aromatic N) is 5. The molecule has 3 fully saturated rings. The maximum atomic E-state index is 12.0. The van der Waals surface area contributed by atoms with Crippen LogP contribution in [0.2, 0.25) is 0 Å². The molecule has 1 amide bonds. The lowest BCUT2D eigenvalue weighted by molar-refractivity contribution is -0.127. The van der Waals surface area contributed by atoms with Gasteiger partial charge in [0.1, 0.15) is 6.54 Å². The first-order valence-electron chi connectivity index (χ1n) is 10.9. The van der Waals surface area contributed by atoms with Crippen molar-refractivity contribution < 1.29 is 4.79 Å². The first kappa shape index (κ1) is 19.9. The van der Waals surface area contributed by atoms with Crippen molar-refractivity contribution in [2.75, 3.05) is 38.6 Å². The molecule has 1 saturated heterocycles. The van der Waals surface area contributed by atoms with Gasteiger partial charge in [-0.15, -0.1) is 0 Å². The quantitative estimate of drug-likeness (QED) is 0.573. The van der Waals surface area contributed by atoms with Crippen LogP contribution in [0.1, 0.15) is 38.5 Å². The topological polar surface area (TPSA) is 85.8 Å². The van der Waals surface area contributed by atoms with E-state index in [-0.39, 0.29) is 12.5 Å². The fraction of sp³-hybridized carbons (Fsp3) is 0.714. The van der Waals surface area contributed by atoms with Crippen molar-refractivity contribution >= 4 is 17.8 Å². The number of rotatable bonds is 5. The van der Waals surface area contributed by atoms with Crippen LogP contribution in [0.15, 0.2) is 23.5 Å². The molecule has 8 heteroatoms. The first-order chi connectivity index (χ1) is 14.1. The first-order valence-corrected chi connectivity index (χ1v) is 10.9. The van der Waals surface area contributed by atoms with Gasteiger partial charge < -0.3 is 20.4 Å². The molecule has 0 radical (unpaired) electrons. The molecule has 2 N–H and O–H groups in total. The maximum Gasteiger partial charge on any atom is 0.243 e. The molecule has 158 valence electrons. The van der Waals surface area contributed by atoms with Crippen molar-refractivity contribution in [3.05, 3.63) is 18.5 Å². The van der Waals surface area contributed by atoms with Crippen LogP contribution < -0.4 is 15.5 Å². The van der Waals surface area contributed by atoms with Crippen molar-refractivity contribution in [2.24, 2.45) is 16.8 Å². The summed E-state index contributed by atoms with van der Waals surface area (Å²) in [6.07, 6.45) is 10.9. The number of guanidine groups is 1. The average molecular weight is 400 g/mol. The van der Waals surface area contributed by atoms with E-state index in [1.54, 1.807) is 31.4 Å². The number of anilines is 1. The zero-order valence-electron chi connectivity index (χ0n) is 17.5. The van der Waals surface area contributed by atoms with Crippen molar-refractivity contribution in [1.82, 2.24) is 25.5 Å². The number of piperidine rings is 1. The molecule has 4 rings (SSSR count). The summed E-state index contributed by atoms with van der Waals surface area (Å²) >= 11 is 0. The number of amides is 1. The highest BCUT2D eigenvalue weighted by Crippen LogP contribution is 2.44. The smallest absolute Gasteiger partial charge is 0.243 e. The Labute approximate surface area is 173 Å².